The largest absolute Gasteiger partial charge is 0.351 e. The Kier molecular flexibility index (Phi) is 5.35. The predicted molar refractivity (Wildman–Crippen MR) is 66.2 cm³/mol. The van der Waals surface area contributed by atoms with Gasteiger partial charge in [-0.25, -0.2) is 5.84 Å². The van der Waals surface area contributed by atoms with Crippen molar-refractivity contribution in [3.8, 4) is 0 Å². The van der Waals surface area contributed by atoms with Gasteiger partial charge in [-0.05, 0) is 30.9 Å². The van der Waals surface area contributed by atoms with Gasteiger partial charge in [-0.15, -0.1) is 10.2 Å². The molecule has 0 aliphatic heterocycles. The van der Waals surface area contributed by atoms with Gasteiger partial charge < -0.3 is 10.7 Å². The van der Waals surface area contributed by atoms with Gasteiger partial charge in [0.15, 0.2) is 11.5 Å². The number of hydrazine groups is 1. The summed E-state index contributed by atoms with van der Waals surface area (Å²) in [5.41, 5.74) is 2.65. The van der Waals surface area contributed by atoms with E-state index in [2.05, 4.69) is 34.8 Å². The SMILES string of the molecule is CC(C)CCCNC(=O)c1ccc(NN)nn1. The van der Waals surface area contributed by atoms with Gasteiger partial charge in [-0.2, -0.15) is 0 Å². The third-order valence-corrected chi connectivity index (χ3v) is 2.29. The maximum Gasteiger partial charge on any atom is 0.271 e. The van der Waals surface area contributed by atoms with Crippen LogP contribution in [0.15, 0.2) is 12.1 Å². The fraction of sp³-hybridized carbons (Fsp3) is 0.545. The molecule has 6 heteroatoms. The van der Waals surface area contributed by atoms with Gasteiger partial charge in [0.2, 0.25) is 0 Å². The van der Waals surface area contributed by atoms with Crippen LogP contribution in [-0.2, 0) is 0 Å². The van der Waals surface area contributed by atoms with Crippen molar-refractivity contribution in [2.45, 2.75) is 26.7 Å². The molecule has 1 rings (SSSR count). The van der Waals surface area contributed by atoms with E-state index in [0.29, 0.717) is 24.0 Å². The minimum absolute atomic E-state index is 0.204. The van der Waals surface area contributed by atoms with Gasteiger partial charge in [-0.1, -0.05) is 13.8 Å². The standard InChI is InChI=1S/C11H19N5O/c1-8(2)4-3-7-13-11(17)9-5-6-10(14-12)16-15-9/h5-6,8H,3-4,7,12H2,1-2H3,(H,13,17)(H,14,16). The van der Waals surface area contributed by atoms with Crippen LogP contribution in [0.3, 0.4) is 0 Å². The molecule has 1 aromatic rings. The third kappa shape index (κ3) is 4.78. The molecule has 4 N–H and O–H groups in total. The highest BCUT2D eigenvalue weighted by Gasteiger charge is 2.07. The van der Waals surface area contributed by atoms with Crippen molar-refractivity contribution < 1.29 is 4.79 Å². The zero-order valence-electron chi connectivity index (χ0n) is 10.2. The molecule has 1 aromatic heterocycles. The number of rotatable bonds is 6. The van der Waals surface area contributed by atoms with Crippen molar-refractivity contribution in [3.05, 3.63) is 17.8 Å². The van der Waals surface area contributed by atoms with Crippen molar-refractivity contribution in [3.63, 3.8) is 0 Å². The Morgan fingerprint density at radius 1 is 1.41 bits per heavy atom. The molecule has 0 aliphatic rings. The van der Waals surface area contributed by atoms with E-state index in [4.69, 9.17) is 5.84 Å². The predicted octanol–water partition coefficient (Wildman–Crippen LogP) is 0.928. The fourth-order valence-electron chi connectivity index (χ4n) is 1.33. The van der Waals surface area contributed by atoms with Crippen LogP contribution in [0, 0.1) is 5.92 Å². The topological polar surface area (TPSA) is 92.9 Å². The van der Waals surface area contributed by atoms with Crippen LogP contribution in [0.4, 0.5) is 5.82 Å². The average molecular weight is 237 g/mol. The summed E-state index contributed by atoms with van der Waals surface area (Å²) in [6.07, 6.45) is 2.07. The lowest BCUT2D eigenvalue weighted by Gasteiger charge is -2.06. The number of nitrogens with zero attached hydrogens (tertiary/aromatic N) is 2. The molecule has 0 saturated carbocycles. The van der Waals surface area contributed by atoms with Crippen LogP contribution >= 0.6 is 0 Å². The summed E-state index contributed by atoms with van der Waals surface area (Å²) in [5, 5.41) is 10.3. The molecule has 0 aromatic carbocycles. The fourth-order valence-corrected chi connectivity index (χ4v) is 1.33. The molecule has 1 amide bonds. The summed E-state index contributed by atoms with van der Waals surface area (Å²) in [6, 6.07) is 3.19. The van der Waals surface area contributed by atoms with Crippen LogP contribution in [0.5, 0.6) is 0 Å². The number of hydrogen-bond acceptors (Lipinski definition) is 5. The Balaban J connectivity index is 2.36. The zero-order chi connectivity index (χ0) is 12.7. The van der Waals surface area contributed by atoms with Crippen molar-refractivity contribution in [2.24, 2.45) is 11.8 Å². The van der Waals surface area contributed by atoms with E-state index in [0.717, 1.165) is 12.8 Å². The molecule has 0 atom stereocenters. The summed E-state index contributed by atoms with van der Waals surface area (Å²) in [4.78, 5) is 11.6. The number of anilines is 1. The number of hydrogen-bond donors (Lipinski definition) is 3. The van der Waals surface area contributed by atoms with Crippen LogP contribution in [0.25, 0.3) is 0 Å². The molecule has 0 bridgehead atoms. The second-order valence-electron chi connectivity index (χ2n) is 4.24. The van der Waals surface area contributed by atoms with Crippen LogP contribution < -0.4 is 16.6 Å². The summed E-state index contributed by atoms with van der Waals surface area (Å²) in [6.45, 7) is 4.98. The molecular formula is C11H19N5O. The molecule has 17 heavy (non-hydrogen) atoms. The molecule has 6 nitrogen and oxygen atoms in total. The normalized spacial score (nSPS) is 10.4. The van der Waals surface area contributed by atoms with E-state index in [-0.39, 0.29) is 5.91 Å². The van der Waals surface area contributed by atoms with Crippen molar-refractivity contribution in [1.29, 1.82) is 0 Å². The summed E-state index contributed by atoms with van der Waals surface area (Å²) in [7, 11) is 0. The second-order valence-corrected chi connectivity index (χ2v) is 4.24. The number of nitrogens with one attached hydrogen (secondary N) is 2. The van der Waals surface area contributed by atoms with Crippen molar-refractivity contribution in [1.82, 2.24) is 15.5 Å². The van der Waals surface area contributed by atoms with E-state index in [1.807, 2.05) is 0 Å². The monoisotopic (exact) mass is 237 g/mol. The lowest BCUT2D eigenvalue weighted by Crippen LogP contribution is -2.26. The van der Waals surface area contributed by atoms with Gasteiger partial charge >= 0.3 is 0 Å². The number of nitrogen functional groups attached to an aromatic ring is 1. The Morgan fingerprint density at radius 2 is 2.18 bits per heavy atom. The quantitative estimate of drug-likeness (QED) is 0.389. The van der Waals surface area contributed by atoms with E-state index >= 15 is 0 Å². The van der Waals surface area contributed by atoms with E-state index in [1.54, 1.807) is 12.1 Å². The Labute approximate surface area is 101 Å². The molecule has 1 heterocycles. The molecule has 0 radical (unpaired) electrons. The Morgan fingerprint density at radius 3 is 2.71 bits per heavy atom. The second kappa shape index (κ2) is 6.80. The summed E-state index contributed by atoms with van der Waals surface area (Å²) < 4.78 is 0. The first kappa shape index (κ1) is 13.4. The first-order chi connectivity index (χ1) is 8.13. The lowest BCUT2D eigenvalue weighted by molar-refractivity contribution is 0.0946. The van der Waals surface area contributed by atoms with E-state index in [9.17, 15) is 4.79 Å². The molecule has 0 unspecified atom stereocenters. The average Bonchev–Trinajstić information content (AvgIpc) is 2.34. The molecule has 0 spiro atoms. The number of aromatic nitrogens is 2. The highest BCUT2D eigenvalue weighted by atomic mass is 16.1. The van der Waals surface area contributed by atoms with Gasteiger partial charge in [0, 0.05) is 6.54 Å². The lowest BCUT2D eigenvalue weighted by atomic mass is 10.1. The van der Waals surface area contributed by atoms with Gasteiger partial charge in [0.1, 0.15) is 0 Å². The van der Waals surface area contributed by atoms with E-state index in [1.165, 1.54) is 0 Å². The van der Waals surface area contributed by atoms with E-state index < -0.39 is 0 Å². The smallest absolute Gasteiger partial charge is 0.271 e. The molecule has 94 valence electrons. The Bertz CT molecular complexity index is 349. The first-order valence-corrected chi connectivity index (χ1v) is 5.72. The number of carbonyl (C=O) groups excluding carboxylic acids is 1. The summed E-state index contributed by atoms with van der Waals surface area (Å²) >= 11 is 0. The minimum Gasteiger partial charge on any atom is -0.351 e. The highest BCUT2D eigenvalue weighted by molar-refractivity contribution is 5.92. The van der Waals surface area contributed by atoms with Gasteiger partial charge in [-0.3, -0.25) is 4.79 Å². The first-order valence-electron chi connectivity index (χ1n) is 5.72. The van der Waals surface area contributed by atoms with Gasteiger partial charge in [0.25, 0.3) is 5.91 Å². The minimum atomic E-state index is -0.204. The zero-order valence-corrected chi connectivity index (χ0v) is 10.2. The molecule has 0 fully saturated rings. The number of nitrogens with two attached hydrogens (primary N) is 1. The van der Waals surface area contributed by atoms with Crippen LogP contribution in [-0.4, -0.2) is 22.6 Å². The number of carbonyl (C=O) groups is 1. The third-order valence-electron chi connectivity index (χ3n) is 2.29. The highest BCUT2D eigenvalue weighted by Crippen LogP contribution is 2.03. The molecule has 0 saturated heterocycles. The summed E-state index contributed by atoms with van der Waals surface area (Å²) in [5.74, 6) is 6.03. The number of amides is 1. The van der Waals surface area contributed by atoms with Crippen molar-refractivity contribution in [2.75, 3.05) is 12.0 Å². The maximum absolute atomic E-state index is 11.6. The van der Waals surface area contributed by atoms with Crippen LogP contribution in [0.2, 0.25) is 0 Å². The van der Waals surface area contributed by atoms with Crippen LogP contribution in [0.1, 0.15) is 37.2 Å². The van der Waals surface area contributed by atoms with Crippen molar-refractivity contribution >= 4 is 11.7 Å². The molecule has 0 aliphatic carbocycles. The Hall–Kier alpha value is -1.69. The molecular weight excluding hydrogens is 218 g/mol. The maximum atomic E-state index is 11.6. The van der Waals surface area contributed by atoms with Gasteiger partial charge in [0.05, 0.1) is 0 Å².